The number of likely N-dealkylation sites (tertiary alicyclic amines) is 1. The van der Waals surface area contributed by atoms with Crippen LogP contribution < -0.4 is 0 Å². The number of rotatable bonds is 3. The van der Waals surface area contributed by atoms with E-state index in [9.17, 15) is 4.79 Å². The van der Waals surface area contributed by atoms with Crippen molar-refractivity contribution >= 4 is 17.5 Å². The molecular weight excluding hydrogens is 286 g/mol. The van der Waals surface area contributed by atoms with Gasteiger partial charge in [0.1, 0.15) is 5.69 Å². The summed E-state index contributed by atoms with van der Waals surface area (Å²) in [7, 11) is 0. The van der Waals surface area contributed by atoms with Crippen LogP contribution in [0.1, 0.15) is 28.9 Å². The van der Waals surface area contributed by atoms with E-state index in [-0.39, 0.29) is 11.9 Å². The highest BCUT2D eigenvalue weighted by atomic mass is 35.5. The second kappa shape index (κ2) is 6.22. The Morgan fingerprint density at radius 3 is 2.81 bits per heavy atom. The molecule has 1 aliphatic heterocycles. The Morgan fingerprint density at radius 1 is 1.29 bits per heavy atom. The van der Waals surface area contributed by atoms with E-state index in [0.29, 0.717) is 5.69 Å². The fourth-order valence-corrected chi connectivity index (χ4v) is 2.89. The Bertz CT molecular complexity index is 615. The van der Waals surface area contributed by atoms with E-state index in [1.165, 1.54) is 11.8 Å². The van der Waals surface area contributed by atoms with E-state index < -0.39 is 0 Å². The predicted octanol–water partition coefficient (Wildman–Crippen LogP) is 2.98. The lowest BCUT2D eigenvalue weighted by Crippen LogP contribution is -2.37. The summed E-state index contributed by atoms with van der Waals surface area (Å²) in [4.78, 5) is 22.5. The number of hydrogen-bond donors (Lipinski definition) is 0. The van der Waals surface area contributed by atoms with E-state index in [0.717, 1.165) is 30.8 Å². The van der Waals surface area contributed by atoms with Crippen LogP contribution in [0.4, 0.5) is 0 Å². The summed E-state index contributed by atoms with van der Waals surface area (Å²) in [5.74, 6) is -0.0282. The Morgan fingerprint density at radius 2 is 2.10 bits per heavy atom. The molecule has 3 rings (SSSR count). The number of carbonyl (C=O) groups excluding carboxylic acids is 1. The minimum absolute atomic E-state index is 0.0282. The van der Waals surface area contributed by atoms with E-state index in [1.54, 1.807) is 12.4 Å². The maximum Gasteiger partial charge on any atom is 0.274 e. The summed E-state index contributed by atoms with van der Waals surface area (Å²) in [6.07, 6.45) is 7.56. The van der Waals surface area contributed by atoms with Gasteiger partial charge in [0.2, 0.25) is 0 Å². The standard InChI is InChI=1S/C16H16ClN3O/c17-13-5-3-12(4-6-13)10-14-2-1-9-20(14)16(21)15-11-18-7-8-19-15/h3-8,11,14H,1-2,9-10H2. The first kappa shape index (κ1) is 14.0. The second-order valence-corrected chi connectivity index (χ2v) is 5.65. The number of amides is 1. The number of hydrogen-bond acceptors (Lipinski definition) is 3. The quantitative estimate of drug-likeness (QED) is 0.875. The Hall–Kier alpha value is -1.94. The number of halogens is 1. The van der Waals surface area contributed by atoms with Gasteiger partial charge in [-0.15, -0.1) is 0 Å². The third-order valence-electron chi connectivity index (χ3n) is 3.80. The van der Waals surface area contributed by atoms with Gasteiger partial charge in [0, 0.05) is 30.0 Å². The topological polar surface area (TPSA) is 46.1 Å². The van der Waals surface area contributed by atoms with Gasteiger partial charge in [-0.25, -0.2) is 4.98 Å². The molecule has 0 saturated carbocycles. The lowest BCUT2D eigenvalue weighted by atomic mass is 10.0. The van der Waals surface area contributed by atoms with Gasteiger partial charge in [-0.3, -0.25) is 9.78 Å². The number of nitrogens with zero attached hydrogens (tertiary/aromatic N) is 3. The van der Waals surface area contributed by atoms with Crippen molar-refractivity contribution in [2.24, 2.45) is 0 Å². The summed E-state index contributed by atoms with van der Waals surface area (Å²) in [5.41, 5.74) is 1.61. The maximum absolute atomic E-state index is 12.5. The predicted molar refractivity (Wildman–Crippen MR) is 81.2 cm³/mol. The van der Waals surface area contributed by atoms with Crippen LogP contribution >= 0.6 is 11.6 Å². The Labute approximate surface area is 128 Å². The van der Waals surface area contributed by atoms with E-state index in [2.05, 4.69) is 9.97 Å². The van der Waals surface area contributed by atoms with Crippen molar-refractivity contribution < 1.29 is 4.79 Å². The normalized spacial score (nSPS) is 18.0. The van der Waals surface area contributed by atoms with Crippen LogP contribution in [-0.2, 0) is 6.42 Å². The molecule has 1 aromatic heterocycles. The zero-order valence-corrected chi connectivity index (χ0v) is 12.3. The molecule has 0 spiro atoms. The molecule has 108 valence electrons. The van der Waals surface area contributed by atoms with Crippen molar-refractivity contribution in [3.63, 3.8) is 0 Å². The summed E-state index contributed by atoms with van der Waals surface area (Å²) in [5, 5.41) is 0.734. The van der Waals surface area contributed by atoms with Gasteiger partial charge in [0.15, 0.2) is 0 Å². The molecule has 1 fully saturated rings. The van der Waals surface area contributed by atoms with Crippen molar-refractivity contribution in [1.29, 1.82) is 0 Å². The molecule has 1 saturated heterocycles. The summed E-state index contributed by atoms with van der Waals surface area (Å²) in [6.45, 7) is 0.785. The second-order valence-electron chi connectivity index (χ2n) is 5.22. The fraction of sp³-hybridized carbons (Fsp3) is 0.312. The molecule has 21 heavy (non-hydrogen) atoms. The first-order valence-electron chi connectivity index (χ1n) is 7.05. The molecule has 5 heteroatoms. The van der Waals surface area contributed by atoms with Crippen molar-refractivity contribution in [2.75, 3.05) is 6.54 Å². The SMILES string of the molecule is O=C(c1cnccn1)N1CCCC1Cc1ccc(Cl)cc1. The van der Waals surface area contributed by atoms with Crippen LogP contribution in [0.3, 0.4) is 0 Å². The Kier molecular flexibility index (Phi) is 4.15. The van der Waals surface area contributed by atoms with Gasteiger partial charge in [0.05, 0.1) is 6.20 Å². The maximum atomic E-state index is 12.5. The molecule has 1 amide bonds. The van der Waals surface area contributed by atoms with Crippen molar-refractivity contribution in [2.45, 2.75) is 25.3 Å². The van der Waals surface area contributed by atoms with Crippen LogP contribution in [0, 0.1) is 0 Å². The molecule has 1 aromatic carbocycles. The van der Waals surface area contributed by atoms with Crippen LogP contribution in [0.5, 0.6) is 0 Å². The first-order valence-corrected chi connectivity index (χ1v) is 7.43. The largest absolute Gasteiger partial charge is 0.334 e. The van der Waals surface area contributed by atoms with Gasteiger partial charge in [-0.2, -0.15) is 0 Å². The van der Waals surface area contributed by atoms with Gasteiger partial charge in [-0.05, 0) is 37.0 Å². The number of carbonyl (C=O) groups is 1. The summed E-state index contributed by atoms with van der Waals surface area (Å²) >= 11 is 5.91. The molecule has 1 atom stereocenters. The van der Waals surface area contributed by atoms with Gasteiger partial charge >= 0.3 is 0 Å². The van der Waals surface area contributed by atoms with Crippen LogP contribution in [0.2, 0.25) is 5.02 Å². The number of aromatic nitrogens is 2. The van der Waals surface area contributed by atoms with Crippen molar-refractivity contribution in [1.82, 2.24) is 14.9 Å². The third-order valence-corrected chi connectivity index (χ3v) is 4.06. The van der Waals surface area contributed by atoms with E-state index in [1.807, 2.05) is 29.2 Å². The highest BCUT2D eigenvalue weighted by molar-refractivity contribution is 6.30. The highest BCUT2D eigenvalue weighted by Crippen LogP contribution is 2.23. The zero-order valence-electron chi connectivity index (χ0n) is 11.6. The number of benzene rings is 1. The smallest absolute Gasteiger partial charge is 0.274 e. The summed E-state index contributed by atoms with van der Waals surface area (Å²) in [6, 6.07) is 8.04. The lowest BCUT2D eigenvalue weighted by Gasteiger charge is -2.24. The minimum Gasteiger partial charge on any atom is -0.334 e. The van der Waals surface area contributed by atoms with Crippen LogP contribution in [-0.4, -0.2) is 33.4 Å². The van der Waals surface area contributed by atoms with Crippen LogP contribution in [0.25, 0.3) is 0 Å². The van der Waals surface area contributed by atoms with E-state index >= 15 is 0 Å². The minimum atomic E-state index is -0.0282. The van der Waals surface area contributed by atoms with Crippen LogP contribution in [0.15, 0.2) is 42.9 Å². The zero-order chi connectivity index (χ0) is 14.7. The molecule has 0 aliphatic carbocycles. The van der Waals surface area contributed by atoms with Crippen molar-refractivity contribution in [3.8, 4) is 0 Å². The lowest BCUT2D eigenvalue weighted by molar-refractivity contribution is 0.0730. The highest BCUT2D eigenvalue weighted by Gasteiger charge is 2.30. The first-order chi connectivity index (χ1) is 10.2. The molecule has 0 bridgehead atoms. The molecule has 4 nitrogen and oxygen atoms in total. The van der Waals surface area contributed by atoms with Gasteiger partial charge < -0.3 is 4.90 Å². The third kappa shape index (κ3) is 3.22. The molecule has 1 unspecified atom stereocenters. The van der Waals surface area contributed by atoms with E-state index in [4.69, 9.17) is 11.6 Å². The molecule has 2 heterocycles. The summed E-state index contributed by atoms with van der Waals surface area (Å²) < 4.78 is 0. The average Bonchev–Trinajstić information content (AvgIpc) is 2.98. The Balaban J connectivity index is 1.73. The average molecular weight is 302 g/mol. The molecular formula is C16H16ClN3O. The molecule has 1 aliphatic rings. The molecule has 2 aromatic rings. The molecule has 0 radical (unpaired) electrons. The fourth-order valence-electron chi connectivity index (χ4n) is 2.76. The monoisotopic (exact) mass is 301 g/mol. The van der Waals surface area contributed by atoms with Crippen molar-refractivity contribution in [3.05, 3.63) is 59.1 Å². The van der Waals surface area contributed by atoms with Gasteiger partial charge in [-0.1, -0.05) is 23.7 Å². The molecule has 0 N–H and O–H groups in total. The van der Waals surface area contributed by atoms with Gasteiger partial charge in [0.25, 0.3) is 5.91 Å².